The van der Waals surface area contributed by atoms with Gasteiger partial charge in [0.05, 0.1) is 4.92 Å². The summed E-state index contributed by atoms with van der Waals surface area (Å²) in [5.74, 6) is 1.57. The fraction of sp³-hybridized carbons (Fsp3) is 0.346. The number of aryl methyl sites for hydroxylation is 3. The Bertz CT molecular complexity index is 1190. The molecular formula is C26H29N5O3. The maximum absolute atomic E-state index is 13.0. The van der Waals surface area contributed by atoms with Gasteiger partial charge in [0.2, 0.25) is 0 Å². The van der Waals surface area contributed by atoms with Crippen LogP contribution in [-0.4, -0.2) is 51.9 Å². The molecule has 2 aromatic carbocycles. The van der Waals surface area contributed by atoms with E-state index in [0.29, 0.717) is 25.2 Å². The fourth-order valence-corrected chi connectivity index (χ4v) is 4.34. The number of hydrogen-bond donors (Lipinski definition) is 0. The number of carbonyl (C=O) groups excluding carboxylic acids is 1. The Morgan fingerprint density at radius 1 is 0.941 bits per heavy atom. The van der Waals surface area contributed by atoms with Crippen LogP contribution in [0.4, 0.5) is 11.5 Å². The number of benzene rings is 2. The molecule has 0 atom stereocenters. The number of nitro benzene ring substituents is 1. The SMILES string of the molecule is Cc1ccc(Cc2c(C)nc(C)nc2N2CCCN(C(=O)c3ccc([N+](=O)[O-])cc3)CC2)cc1. The van der Waals surface area contributed by atoms with Gasteiger partial charge in [0, 0.05) is 61.6 Å². The standard InChI is InChI=1S/C26H29N5O3/c1-18-5-7-21(8-6-18)17-24-19(2)27-20(3)28-25(24)29-13-4-14-30(16-15-29)26(32)22-9-11-23(12-10-22)31(33)34/h5-12H,4,13-17H2,1-3H3. The molecule has 1 fully saturated rings. The summed E-state index contributed by atoms with van der Waals surface area (Å²) in [7, 11) is 0. The number of aromatic nitrogens is 2. The Morgan fingerprint density at radius 2 is 1.65 bits per heavy atom. The molecule has 3 aromatic rings. The molecule has 176 valence electrons. The highest BCUT2D eigenvalue weighted by Crippen LogP contribution is 2.26. The monoisotopic (exact) mass is 459 g/mol. The van der Waals surface area contributed by atoms with E-state index in [4.69, 9.17) is 4.98 Å². The Labute approximate surface area is 199 Å². The van der Waals surface area contributed by atoms with Crippen LogP contribution >= 0.6 is 0 Å². The lowest BCUT2D eigenvalue weighted by molar-refractivity contribution is -0.384. The minimum absolute atomic E-state index is 0.0193. The highest BCUT2D eigenvalue weighted by Gasteiger charge is 2.24. The third-order valence-electron chi connectivity index (χ3n) is 6.21. The number of rotatable bonds is 5. The van der Waals surface area contributed by atoms with Gasteiger partial charge in [-0.3, -0.25) is 14.9 Å². The van der Waals surface area contributed by atoms with Gasteiger partial charge in [-0.25, -0.2) is 9.97 Å². The lowest BCUT2D eigenvalue weighted by atomic mass is 10.0. The van der Waals surface area contributed by atoms with Crippen LogP contribution in [0.5, 0.6) is 0 Å². The highest BCUT2D eigenvalue weighted by molar-refractivity contribution is 5.94. The van der Waals surface area contributed by atoms with Crippen molar-refractivity contribution >= 4 is 17.4 Å². The second kappa shape index (κ2) is 9.99. The van der Waals surface area contributed by atoms with Gasteiger partial charge >= 0.3 is 0 Å². The molecule has 2 heterocycles. The van der Waals surface area contributed by atoms with E-state index < -0.39 is 4.92 Å². The van der Waals surface area contributed by atoms with Crippen LogP contribution in [0.3, 0.4) is 0 Å². The third kappa shape index (κ3) is 5.22. The van der Waals surface area contributed by atoms with Crippen molar-refractivity contribution < 1.29 is 9.72 Å². The molecule has 0 spiro atoms. The maximum atomic E-state index is 13.0. The van der Waals surface area contributed by atoms with E-state index in [1.165, 1.54) is 35.4 Å². The number of anilines is 1. The van der Waals surface area contributed by atoms with Gasteiger partial charge in [-0.15, -0.1) is 0 Å². The van der Waals surface area contributed by atoms with Crippen LogP contribution in [0.25, 0.3) is 0 Å². The molecule has 1 aromatic heterocycles. The van der Waals surface area contributed by atoms with Crippen molar-refractivity contribution in [3.05, 3.63) is 92.4 Å². The first-order valence-corrected chi connectivity index (χ1v) is 11.5. The van der Waals surface area contributed by atoms with Crippen LogP contribution in [-0.2, 0) is 6.42 Å². The van der Waals surface area contributed by atoms with Gasteiger partial charge in [0.1, 0.15) is 11.6 Å². The molecule has 0 radical (unpaired) electrons. The lowest BCUT2D eigenvalue weighted by Gasteiger charge is -2.26. The first kappa shape index (κ1) is 23.4. The summed E-state index contributed by atoms with van der Waals surface area (Å²) in [6.45, 7) is 8.66. The average Bonchev–Trinajstić information content (AvgIpc) is 3.08. The Balaban J connectivity index is 1.53. The molecule has 1 saturated heterocycles. The third-order valence-corrected chi connectivity index (χ3v) is 6.21. The topological polar surface area (TPSA) is 92.5 Å². The summed E-state index contributed by atoms with van der Waals surface area (Å²) in [5, 5.41) is 10.9. The Hall–Kier alpha value is -3.81. The van der Waals surface area contributed by atoms with Gasteiger partial charge in [0.25, 0.3) is 11.6 Å². The Kier molecular flexibility index (Phi) is 6.86. The Morgan fingerprint density at radius 3 is 2.32 bits per heavy atom. The van der Waals surface area contributed by atoms with E-state index >= 15 is 0 Å². The minimum atomic E-state index is -0.460. The largest absolute Gasteiger partial charge is 0.354 e. The molecule has 0 unspecified atom stereocenters. The molecule has 8 nitrogen and oxygen atoms in total. The van der Waals surface area contributed by atoms with Crippen LogP contribution in [0.15, 0.2) is 48.5 Å². The molecule has 0 aliphatic carbocycles. The van der Waals surface area contributed by atoms with Crippen LogP contribution in [0, 0.1) is 30.9 Å². The van der Waals surface area contributed by atoms with Crippen LogP contribution in [0.2, 0.25) is 0 Å². The fourth-order valence-electron chi connectivity index (χ4n) is 4.34. The van der Waals surface area contributed by atoms with E-state index in [2.05, 4.69) is 41.1 Å². The average molecular weight is 460 g/mol. The highest BCUT2D eigenvalue weighted by atomic mass is 16.6. The zero-order chi connectivity index (χ0) is 24.2. The predicted octanol–water partition coefficient (Wildman–Crippen LogP) is 4.25. The zero-order valence-corrected chi connectivity index (χ0v) is 19.8. The number of carbonyl (C=O) groups is 1. The summed E-state index contributed by atoms with van der Waals surface area (Å²) < 4.78 is 0. The van der Waals surface area contributed by atoms with Crippen molar-refractivity contribution in [2.24, 2.45) is 0 Å². The summed E-state index contributed by atoms with van der Waals surface area (Å²) in [4.78, 5) is 37.0. The van der Waals surface area contributed by atoms with Crippen molar-refractivity contribution in [3.63, 3.8) is 0 Å². The summed E-state index contributed by atoms with van der Waals surface area (Å²) in [5.41, 5.74) is 4.98. The summed E-state index contributed by atoms with van der Waals surface area (Å²) in [6, 6.07) is 14.3. The first-order valence-electron chi connectivity index (χ1n) is 11.5. The van der Waals surface area contributed by atoms with Gasteiger partial charge in [0.15, 0.2) is 0 Å². The van der Waals surface area contributed by atoms with Gasteiger partial charge in [-0.2, -0.15) is 0 Å². The molecule has 4 rings (SSSR count). The number of amides is 1. The smallest absolute Gasteiger partial charge is 0.269 e. The molecule has 0 N–H and O–H groups in total. The van der Waals surface area contributed by atoms with Crippen LogP contribution < -0.4 is 4.90 Å². The van der Waals surface area contributed by atoms with Crippen molar-refractivity contribution in [2.45, 2.75) is 33.6 Å². The maximum Gasteiger partial charge on any atom is 0.269 e. The predicted molar refractivity (Wildman–Crippen MR) is 131 cm³/mol. The van der Waals surface area contributed by atoms with Gasteiger partial charge < -0.3 is 9.80 Å². The second-order valence-electron chi connectivity index (χ2n) is 8.76. The number of hydrogen-bond acceptors (Lipinski definition) is 6. The molecule has 1 aliphatic heterocycles. The van der Waals surface area contributed by atoms with Crippen LogP contribution in [0.1, 0.15) is 45.0 Å². The second-order valence-corrected chi connectivity index (χ2v) is 8.76. The van der Waals surface area contributed by atoms with Crippen molar-refractivity contribution in [3.8, 4) is 0 Å². The van der Waals surface area contributed by atoms with Crippen molar-refractivity contribution in [2.75, 3.05) is 31.1 Å². The molecule has 34 heavy (non-hydrogen) atoms. The minimum Gasteiger partial charge on any atom is -0.354 e. The normalized spacial score (nSPS) is 14.1. The van der Waals surface area contributed by atoms with E-state index in [9.17, 15) is 14.9 Å². The van der Waals surface area contributed by atoms with Gasteiger partial charge in [-0.05, 0) is 44.9 Å². The van der Waals surface area contributed by atoms with Gasteiger partial charge in [-0.1, -0.05) is 29.8 Å². The summed E-state index contributed by atoms with van der Waals surface area (Å²) in [6.07, 6.45) is 1.56. The molecule has 0 bridgehead atoms. The van der Waals surface area contributed by atoms with Crippen molar-refractivity contribution in [1.82, 2.24) is 14.9 Å². The van der Waals surface area contributed by atoms with E-state index in [-0.39, 0.29) is 11.6 Å². The molecular weight excluding hydrogens is 430 g/mol. The molecule has 8 heteroatoms. The quantitative estimate of drug-likeness (QED) is 0.418. The number of non-ortho nitro benzene ring substituents is 1. The molecule has 1 amide bonds. The molecule has 1 aliphatic rings. The lowest BCUT2D eigenvalue weighted by Crippen LogP contribution is -2.35. The number of nitro groups is 1. The van der Waals surface area contributed by atoms with E-state index in [0.717, 1.165) is 42.3 Å². The summed E-state index contributed by atoms with van der Waals surface area (Å²) >= 11 is 0. The zero-order valence-electron chi connectivity index (χ0n) is 19.8. The molecule has 0 saturated carbocycles. The van der Waals surface area contributed by atoms with Crippen molar-refractivity contribution in [1.29, 1.82) is 0 Å². The number of nitrogens with zero attached hydrogens (tertiary/aromatic N) is 5. The van der Waals surface area contributed by atoms with E-state index in [1.54, 1.807) is 0 Å². The first-order chi connectivity index (χ1) is 16.3. The van der Waals surface area contributed by atoms with E-state index in [1.807, 2.05) is 18.7 Å².